The fraction of sp³-hybridized carbons (Fsp3) is 0.300. The lowest BCUT2D eigenvalue weighted by Gasteiger charge is -2.11. The number of carboxylic acid groups (broad SMARTS) is 1. The van der Waals surface area contributed by atoms with E-state index in [0.29, 0.717) is 0 Å². The molecule has 6 heteroatoms. The van der Waals surface area contributed by atoms with Crippen molar-refractivity contribution < 1.29 is 23.1 Å². The van der Waals surface area contributed by atoms with Crippen LogP contribution < -0.4 is 0 Å². The molecule has 0 bridgehead atoms. The van der Waals surface area contributed by atoms with Gasteiger partial charge in [-0.2, -0.15) is 13.2 Å². The highest BCUT2D eigenvalue weighted by Crippen LogP contribution is 2.36. The van der Waals surface area contributed by atoms with Crippen LogP contribution in [0.5, 0.6) is 0 Å². The third-order valence-electron chi connectivity index (χ3n) is 1.99. The first-order chi connectivity index (χ1) is 7.32. The minimum Gasteiger partial charge on any atom is -0.481 e. The summed E-state index contributed by atoms with van der Waals surface area (Å²) in [6, 6.07) is 3.47. The highest BCUT2D eigenvalue weighted by Gasteiger charge is 2.33. The van der Waals surface area contributed by atoms with Gasteiger partial charge in [0, 0.05) is 6.42 Å². The van der Waals surface area contributed by atoms with Crippen molar-refractivity contribution in [3.8, 4) is 0 Å². The lowest BCUT2D eigenvalue weighted by atomic mass is 10.1. The van der Waals surface area contributed by atoms with Crippen molar-refractivity contribution in [2.45, 2.75) is 19.0 Å². The average Bonchev–Trinajstić information content (AvgIpc) is 2.14. The van der Waals surface area contributed by atoms with Crippen molar-refractivity contribution in [2.24, 2.45) is 0 Å². The molecule has 2 nitrogen and oxygen atoms in total. The van der Waals surface area contributed by atoms with Gasteiger partial charge in [0.05, 0.1) is 10.6 Å². The lowest BCUT2D eigenvalue weighted by molar-refractivity contribution is -0.137. The molecule has 1 aromatic rings. The van der Waals surface area contributed by atoms with E-state index >= 15 is 0 Å². The lowest BCUT2D eigenvalue weighted by Crippen LogP contribution is -2.07. The van der Waals surface area contributed by atoms with E-state index < -0.39 is 22.7 Å². The molecule has 0 saturated heterocycles. The summed E-state index contributed by atoms with van der Waals surface area (Å²) in [4.78, 5) is 10.3. The molecule has 0 amide bonds. The smallest absolute Gasteiger partial charge is 0.417 e. The SMILES string of the molecule is O=C(O)CCc1cccc(C(F)(F)F)c1Cl. The Labute approximate surface area is 94.6 Å². The van der Waals surface area contributed by atoms with Gasteiger partial charge >= 0.3 is 12.1 Å². The topological polar surface area (TPSA) is 37.3 Å². The second kappa shape index (κ2) is 4.74. The molecule has 0 aromatic heterocycles. The molecule has 88 valence electrons. The monoisotopic (exact) mass is 252 g/mol. The van der Waals surface area contributed by atoms with Crippen molar-refractivity contribution in [3.05, 3.63) is 34.3 Å². The van der Waals surface area contributed by atoms with E-state index in [1.165, 1.54) is 12.1 Å². The maximum absolute atomic E-state index is 12.4. The van der Waals surface area contributed by atoms with Gasteiger partial charge in [-0.15, -0.1) is 0 Å². The van der Waals surface area contributed by atoms with Gasteiger partial charge in [0.2, 0.25) is 0 Å². The molecule has 0 fully saturated rings. The molecule has 0 saturated carbocycles. The summed E-state index contributed by atoms with van der Waals surface area (Å²) in [7, 11) is 0. The largest absolute Gasteiger partial charge is 0.481 e. The van der Waals surface area contributed by atoms with Crippen LogP contribution in [-0.4, -0.2) is 11.1 Å². The van der Waals surface area contributed by atoms with Crippen LogP contribution in [0.15, 0.2) is 18.2 Å². The number of rotatable bonds is 3. The Balaban J connectivity index is 3.00. The highest BCUT2D eigenvalue weighted by molar-refractivity contribution is 6.32. The Hall–Kier alpha value is -1.23. The van der Waals surface area contributed by atoms with Crippen LogP contribution in [0, 0.1) is 0 Å². The number of benzene rings is 1. The fourth-order valence-corrected chi connectivity index (χ4v) is 1.56. The molecule has 0 spiro atoms. The molecule has 0 aliphatic rings. The normalized spacial score (nSPS) is 11.5. The van der Waals surface area contributed by atoms with Crippen molar-refractivity contribution >= 4 is 17.6 Å². The van der Waals surface area contributed by atoms with Crippen molar-refractivity contribution in [3.63, 3.8) is 0 Å². The summed E-state index contributed by atoms with van der Waals surface area (Å²) in [6.45, 7) is 0. The van der Waals surface area contributed by atoms with Gasteiger partial charge in [-0.1, -0.05) is 23.7 Å². The van der Waals surface area contributed by atoms with Crippen LogP contribution in [0.4, 0.5) is 13.2 Å². The molecular formula is C10H8ClF3O2. The zero-order valence-electron chi connectivity index (χ0n) is 8.01. The Kier molecular flexibility index (Phi) is 3.80. The van der Waals surface area contributed by atoms with Crippen LogP contribution >= 0.6 is 11.6 Å². The highest BCUT2D eigenvalue weighted by atomic mass is 35.5. The van der Waals surface area contributed by atoms with Gasteiger partial charge in [0.15, 0.2) is 0 Å². The molecule has 1 rings (SSSR count). The molecule has 1 N–H and O–H groups in total. The molecule has 0 atom stereocenters. The summed E-state index contributed by atoms with van der Waals surface area (Å²) in [6.07, 6.45) is -4.78. The number of carbonyl (C=O) groups is 1. The van der Waals surface area contributed by atoms with Gasteiger partial charge in [-0.05, 0) is 18.1 Å². The standard InChI is InChI=1S/C10H8ClF3O2/c11-9-6(4-5-8(15)16)2-1-3-7(9)10(12,13)14/h1-3H,4-5H2,(H,15,16). The van der Waals surface area contributed by atoms with Gasteiger partial charge in [-0.25, -0.2) is 0 Å². The van der Waals surface area contributed by atoms with E-state index in [-0.39, 0.29) is 18.4 Å². The quantitative estimate of drug-likeness (QED) is 0.895. The molecular weight excluding hydrogens is 245 g/mol. The van der Waals surface area contributed by atoms with E-state index in [1.807, 2.05) is 0 Å². The van der Waals surface area contributed by atoms with Crippen LogP contribution in [0.25, 0.3) is 0 Å². The summed E-state index contributed by atoms with van der Waals surface area (Å²) < 4.78 is 37.3. The summed E-state index contributed by atoms with van der Waals surface area (Å²) in [5, 5.41) is 8.01. The van der Waals surface area contributed by atoms with Gasteiger partial charge < -0.3 is 5.11 Å². The molecule has 0 radical (unpaired) electrons. The Morgan fingerprint density at radius 2 is 2.00 bits per heavy atom. The second-order valence-corrected chi connectivity index (χ2v) is 3.55. The molecule has 0 heterocycles. The predicted molar refractivity (Wildman–Crippen MR) is 52.4 cm³/mol. The van der Waals surface area contributed by atoms with E-state index in [9.17, 15) is 18.0 Å². The minimum atomic E-state index is -4.52. The first-order valence-corrected chi connectivity index (χ1v) is 4.76. The zero-order valence-corrected chi connectivity index (χ0v) is 8.77. The fourth-order valence-electron chi connectivity index (χ4n) is 1.23. The average molecular weight is 253 g/mol. The van der Waals surface area contributed by atoms with Crippen LogP contribution in [0.3, 0.4) is 0 Å². The van der Waals surface area contributed by atoms with Gasteiger partial charge in [0.25, 0.3) is 0 Å². The van der Waals surface area contributed by atoms with Crippen molar-refractivity contribution in [1.29, 1.82) is 0 Å². The number of hydrogen-bond donors (Lipinski definition) is 1. The first kappa shape index (κ1) is 12.8. The van der Waals surface area contributed by atoms with Crippen molar-refractivity contribution in [2.75, 3.05) is 0 Å². The number of alkyl halides is 3. The molecule has 0 aliphatic heterocycles. The van der Waals surface area contributed by atoms with E-state index in [1.54, 1.807) is 0 Å². The number of carboxylic acids is 1. The number of aryl methyl sites for hydroxylation is 1. The summed E-state index contributed by atoms with van der Waals surface area (Å²) in [5.74, 6) is -1.08. The third-order valence-corrected chi connectivity index (χ3v) is 2.44. The molecule has 0 unspecified atom stereocenters. The third kappa shape index (κ3) is 3.13. The number of halogens is 4. The predicted octanol–water partition coefficient (Wildman–Crippen LogP) is 3.38. The Morgan fingerprint density at radius 3 is 2.50 bits per heavy atom. The van der Waals surface area contributed by atoms with Crippen LogP contribution in [-0.2, 0) is 17.4 Å². The minimum absolute atomic E-state index is 0.0158. The number of aliphatic carboxylic acids is 1. The molecule has 1 aromatic carbocycles. The van der Waals surface area contributed by atoms with E-state index in [4.69, 9.17) is 16.7 Å². The van der Waals surface area contributed by atoms with E-state index in [0.717, 1.165) is 6.07 Å². The Bertz CT molecular complexity index is 402. The number of hydrogen-bond acceptors (Lipinski definition) is 1. The summed E-state index contributed by atoms with van der Waals surface area (Å²) in [5.41, 5.74) is -0.740. The van der Waals surface area contributed by atoms with Gasteiger partial charge in [0.1, 0.15) is 0 Å². The van der Waals surface area contributed by atoms with E-state index in [2.05, 4.69) is 0 Å². The van der Waals surface area contributed by atoms with Gasteiger partial charge in [-0.3, -0.25) is 4.79 Å². The molecule has 0 aliphatic carbocycles. The second-order valence-electron chi connectivity index (χ2n) is 3.17. The van der Waals surface area contributed by atoms with Crippen LogP contribution in [0.2, 0.25) is 5.02 Å². The van der Waals surface area contributed by atoms with Crippen molar-refractivity contribution in [1.82, 2.24) is 0 Å². The zero-order chi connectivity index (χ0) is 12.3. The first-order valence-electron chi connectivity index (χ1n) is 4.38. The maximum atomic E-state index is 12.4. The van der Waals surface area contributed by atoms with Crippen LogP contribution in [0.1, 0.15) is 17.5 Å². The summed E-state index contributed by atoms with van der Waals surface area (Å²) >= 11 is 5.56. The Morgan fingerprint density at radius 1 is 1.38 bits per heavy atom. The maximum Gasteiger partial charge on any atom is 0.417 e. The molecule has 16 heavy (non-hydrogen) atoms.